The van der Waals surface area contributed by atoms with Crippen LogP contribution in [0.2, 0.25) is 0 Å². The Bertz CT molecular complexity index is 278. The molecule has 4 heteroatoms. The maximum absolute atomic E-state index is 5.81. The third kappa shape index (κ3) is 1.48. The monoisotopic (exact) mass is 231 g/mol. The second-order valence-corrected chi connectivity index (χ2v) is 3.85. The minimum absolute atomic E-state index is 0.412. The van der Waals surface area contributed by atoms with Crippen LogP contribution in [0, 0.1) is 0 Å². The highest BCUT2D eigenvalue weighted by Crippen LogP contribution is 2.28. The van der Waals surface area contributed by atoms with Crippen molar-refractivity contribution >= 4 is 21.7 Å². The van der Waals surface area contributed by atoms with Gasteiger partial charge in [-0.1, -0.05) is 13.8 Å². The Morgan fingerprint density at radius 2 is 2.17 bits per heavy atom. The van der Waals surface area contributed by atoms with Crippen LogP contribution >= 0.6 is 15.9 Å². The highest BCUT2D eigenvalue weighted by molar-refractivity contribution is 9.10. The first kappa shape index (κ1) is 9.58. The fourth-order valence-corrected chi connectivity index (χ4v) is 1.82. The Balaban J connectivity index is 3.16. The van der Waals surface area contributed by atoms with Gasteiger partial charge >= 0.3 is 0 Å². The molecule has 0 atom stereocenters. The lowest BCUT2D eigenvalue weighted by Gasteiger charge is -1.98. The third-order valence-electron chi connectivity index (χ3n) is 1.80. The largest absolute Gasteiger partial charge is 0.383 e. The number of aromatic nitrogens is 2. The van der Waals surface area contributed by atoms with Gasteiger partial charge in [-0.2, -0.15) is 5.10 Å². The van der Waals surface area contributed by atoms with Crippen LogP contribution in [0.4, 0.5) is 5.82 Å². The SMILES string of the molecule is CCn1nc(C(C)C)c(Br)c1N. The minimum Gasteiger partial charge on any atom is -0.383 e. The van der Waals surface area contributed by atoms with Crippen molar-refractivity contribution in [2.75, 3.05) is 5.73 Å². The lowest BCUT2D eigenvalue weighted by atomic mass is 10.1. The molecule has 0 aliphatic carbocycles. The second kappa shape index (κ2) is 3.47. The number of aryl methyl sites for hydroxylation is 1. The predicted octanol–water partition coefficient (Wildman–Crippen LogP) is 2.37. The zero-order valence-electron chi connectivity index (χ0n) is 7.63. The maximum atomic E-state index is 5.81. The van der Waals surface area contributed by atoms with Crippen molar-refractivity contribution in [3.8, 4) is 0 Å². The van der Waals surface area contributed by atoms with Crippen molar-refractivity contribution in [1.29, 1.82) is 0 Å². The number of hydrogen-bond acceptors (Lipinski definition) is 2. The second-order valence-electron chi connectivity index (χ2n) is 3.05. The van der Waals surface area contributed by atoms with E-state index in [-0.39, 0.29) is 0 Å². The summed E-state index contributed by atoms with van der Waals surface area (Å²) in [5, 5.41) is 4.37. The molecule has 1 aromatic rings. The highest BCUT2D eigenvalue weighted by atomic mass is 79.9. The Labute approximate surface area is 81.1 Å². The van der Waals surface area contributed by atoms with Gasteiger partial charge in [0.25, 0.3) is 0 Å². The Hall–Kier alpha value is -0.510. The zero-order valence-corrected chi connectivity index (χ0v) is 9.22. The van der Waals surface area contributed by atoms with E-state index in [1.54, 1.807) is 4.68 Å². The van der Waals surface area contributed by atoms with Crippen LogP contribution < -0.4 is 5.73 Å². The molecular formula is C8H14BrN3. The Morgan fingerprint density at radius 3 is 2.42 bits per heavy atom. The van der Waals surface area contributed by atoms with Crippen LogP contribution in [-0.4, -0.2) is 9.78 Å². The van der Waals surface area contributed by atoms with Gasteiger partial charge in [-0.3, -0.25) is 0 Å². The Kier molecular flexibility index (Phi) is 2.77. The Morgan fingerprint density at radius 1 is 1.58 bits per heavy atom. The van der Waals surface area contributed by atoms with Crippen molar-refractivity contribution in [1.82, 2.24) is 9.78 Å². The highest BCUT2D eigenvalue weighted by Gasteiger charge is 2.14. The van der Waals surface area contributed by atoms with E-state index in [4.69, 9.17) is 5.73 Å². The summed E-state index contributed by atoms with van der Waals surface area (Å²) in [4.78, 5) is 0. The number of nitrogens with two attached hydrogens (primary N) is 1. The normalized spacial score (nSPS) is 11.1. The molecular weight excluding hydrogens is 218 g/mol. The van der Waals surface area contributed by atoms with E-state index in [1.807, 2.05) is 6.92 Å². The van der Waals surface area contributed by atoms with Crippen LogP contribution in [0.15, 0.2) is 4.47 Å². The van der Waals surface area contributed by atoms with E-state index >= 15 is 0 Å². The van der Waals surface area contributed by atoms with E-state index in [2.05, 4.69) is 34.9 Å². The van der Waals surface area contributed by atoms with Gasteiger partial charge in [0.15, 0.2) is 0 Å². The summed E-state index contributed by atoms with van der Waals surface area (Å²) in [7, 11) is 0. The average molecular weight is 232 g/mol. The molecule has 0 fully saturated rings. The van der Waals surface area contributed by atoms with E-state index in [0.717, 1.165) is 22.5 Å². The van der Waals surface area contributed by atoms with Crippen LogP contribution in [0.3, 0.4) is 0 Å². The summed E-state index contributed by atoms with van der Waals surface area (Å²) >= 11 is 3.43. The molecule has 0 bridgehead atoms. The molecule has 1 heterocycles. The van der Waals surface area contributed by atoms with Gasteiger partial charge in [-0.25, -0.2) is 4.68 Å². The molecule has 0 radical (unpaired) electrons. The quantitative estimate of drug-likeness (QED) is 0.850. The van der Waals surface area contributed by atoms with Crippen LogP contribution in [0.5, 0.6) is 0 Å². The first-order valence-corrected chi connectivity index (χ1v) is 4.88. The molecule has 1 rings (SSSR count). The van der Waals surface area contributed by atoms with Gasteiger partial charge in [0.2, 0.25) is 0 Å². The maximum Gasteiger partial charge on any atom is 0.136 e. The predicted molar refractivity (Wildman–Crippen MR) is 54.1 cm³/mol. The average Bonchev–Trinajstić information content (AvgIpc) is 2.30. The molecule has 0 spiro atoms. The van der Waals surface area contributed by atoms with Crippen molar-refractivity contribution in [2.24, 2.45) is 0 Å². The molecule has 0 unspecified atom stereocenters. The lowest BCUT2D eigenvalue weighted by molar-refractivity contribution is 0.643. The molecule has 12 heavy (non-hydrogen) atoms. The topological polar surface area (TPSA) is 43.8 Å². The van der Waals surface area contributed by atoms with Crippen molar-refractivity contribution in [2.45, 2.75) is 33.2 Å². The number of hydrogen-bond donors (Lipinski definition) is 1. The van der Waals surface area contributed by atoms with Crippen molar-refractivity contribution < 1.29 is 0 Å². The number of nitrogen functional groups attached to an aromatic ring is 1. The molecule has 1 aromatic heterocycles. The van der Waals surface area contributed by atoms with Crippen molar-refractivity contribution in [3.05, 3.63) is 10.2 Å². The summed E-state index contributed by atoms with van der Waals surface area (Å²) in [6.45, 7) is 7.05. The van der Waals surface area contributed by atoms with Gasteiger partial charge in [0.1, 0.15) is 5.82 Å². The molecule has 0 saturated carbocycles. The first-order chi connectivity index (χ1) is 5.57. The summed E-state index contributed by atoms with van der Waals surface area (Å²) in [6, 6.07) is 0. The number of nitrogens with zero attached hydrogens (tertiary/aromatic N) is 2. The van der Waals surface area contributed by atoms with Crippen molar-refractivity contribution in [3.63, 3.8) is 0 Å². The van der Waals surface area contributed by atoms with Gasteiger partial charge in [-0.15, -0.1) is 0 Å². The summed E-state index contributed by atoms with van der Waals surface area (Å²) in [5.41, 5.74) is 6.84. The molecule has 0 aliphatic rings. The number of anilines is 1. The van der Waals surface area contributed by atoms with Gasteiger partial charge in [-0.05, 0) is 28.8 Å². The lowest BCUT2D eigenvalue weighted by Crippen LogP contribution is -2.02. The fourth-order valence-electron chi connectivity index (χ4n) is 1.08. The van der Waals surface area contributed by atoms with Gasteiger partial charge < -0.3 is 5.73 Å². The van der Waals surface area contributed by atoms with Crippen LogP contribution in [-0.2, 0) is 6.54 Å². The number of rotatable bonds is 2. The van der Waals surface area contributed by atoms with Crippen LogP contribution in [0.25, 0.3) is 0 Å². The molecule has 0 aliphatic heterocycles. The summed E-state index contributed by atoms with van der Waals surface area (Å²) in [5.74, 6) is 1.13. The van der Waals surface area contributed by atoms with Gasteiger partial charge in [0, 0.05) is 6.54 Å². The fraction of sp³-hybridized carbons (Fsp3) is 0.625. The first-order valence-electron chi connectivity index (χ1n) is 4.09. The molecule has 0 aromatic carbocycles. The van der Waals surface area contributed by atoms with E-state index < -0.39 is 0 Å². The molecule has 0 saturated heterocycles. The standard InChI is InChI=1S/C8H14BrN3/c1-4-12-8(10)6(9)7(11-12)5(2)3/h5H,4,10H2,1-3H3. The smallest absolute Gasteiger partial charge is 0.136 e. The van der Waals surface area contributed by atoms with E-state index in [9.17, 15) is 0 Å². The summed E-state index contributed by atoms with van der Waals surface area (Å²) in [6.07, 6.45) is 0. The number of halogens is 1. The zero-order chi connectivity index (χ0) is 9.30. The molecule has 3 nitrogen and oxygen atoms in total. The molecule has 68 valence electrons. The van der Waals surface area contributed by atoms with E-state index in [0.29, 0.717) is 5.92 Å². The minimum atomic E-state index is 0.412. The third-order valence-corrected chi connectivity index (χ3v) is 2.62. The van der Waals surface area contributed by atoms with Crippen LogP contribution in [0.1, 0.15) is 32.4 Å². The summed E-state index contributed by atoms with van der Waals surface area (Å²) < 4.78 is 2.75. The van der Waals surface area contributed by atoms with E-state index in [1.165, 1.54) is 0 Å². The van der Waals surface area contributed by atoms with Gasteiger partial charge in [0.05, 0.1) is 10.2 Å². The molecule has 2 N–H and O–H groups in total. The molecule has 0 amide bonds.